The van der Waals surface area contributed by atoms with Crippen LogP contribution in [0.5, 0.6) is 5.75 Å². The quantitative estimate of drug-likeness (QED) is 0.737. The molecule has 4 N–H and O–H groups in total. The number of amides is 1. The molecule has 1 aromatic carbocycles. The van der Waals surface area contributed by atoms with Crippen LogP contribution in [0.15, 0.2) is 24.3 Å². The van der Waals surface area contributed by atoms with Crippen LogP contribution in [0.4, 0.5) is 0 Å². The zero-order valence-corrected chi connectivity index (χ0v) is 8.77. The summed E-state index contributed by atoms with van der Waals surface area (Å²) in [5.41, 5.74) is 11.5. The van der Waals surface area contributed by atoms with Crippen molar-refractivity contribution < 1.29 is 9.53 Å². The summed E-state index contributed by atoms with van der Waals surface area (Å²) in [4.78, 5) is 10.6. The molecule has 4 heteroatoms. The van der Waals surface area contributed by atoms with Crippen molar-refractivity contribution in [2.75, 3.05) is 6.61 Å². The lowest BCUT2D eigenvalue weighted by Gasteiger charge is -2.08. The number of primary amides is 1. The van der Waals surface area contributed by atoms with Crippen molar-refractivity contribution in [1.82, 2.24) is 0 Å². The highest BCUT2D eigenvalue weighted by Gasteiger charge is 2.00. The normalized spacial score (nSPS) is 12.1. The molecular formula is C11H16N2O2. The fourth-order valence-corrected chi connectivity index (χ4v) is 1.13. The Morgan fingerprint density at radius 3 is 2.47 bits per heavy atom. The monoisotopic (exact) mass is 208 g/mol. The van der Waals surface area contributed by atoms with Crippen molar-refractivity contribution >= 4 is 5.91 Å². The van der Waals surface area contributed by atoms with Gasteiger partial charge in [0.05, 0.1) is 6.42 Å². The third kappa shape index (κ3) is 4.46. The van der Waals surface area contributed by atoms with E-state index in [4.69, 9.17) is 16.2 Å². The van der Waals surface area contributed by atoms with E-state index in [1.165, 1.54) is 0 Å². The van der Waals surface area contributed by atoms with Gasteiger partial charge in [0.25, 0.3) is 0 Å². The number of rotatable bonds is 5. The smallest absolute Gasteiger partial charge is 0.221 e. The number of carbonyl (C=O) groups excluding carboxylic acids is 1. The molecule has 0 bridgehead atoms. The molecule has 0 spiro atoms. The third-order valence-electron chi connectivity index (χ3n) is 1.81. The molecule has 0 aliphatic carbocycles. The van der Waals surface area contributed by atoms with E-state index in [2.05, 4.69) is 0 Å². The predicted molar refractivity (Wildman–Crippen MR) is 58.5 cm³/mol. The Kier molecular flexibility index (Phi) is 4.12. The standard InChI is InChI=1S/C11H16N2O2/c1-8(12)7-15-10-4-2-9(3-5-10)6-11(13)14/h2-5,8H,6-7,12H2,1H3,(H2,13,14)/t8-/m1/s1. The van der Waals surface area contributed by atoms with Gasteiger partial charge in [0.1, 0.15) is 12.4 Å². The van der Waals surface area contributed by atoms with Crippen LogP contribution < -0.4 is 16.2 Å². The molecular weight excluding hydrogens is 192 g/mol. The molecule has 1 aromatic rings. The lowest BCUT2D eigenvalue weighted by Crippen LogP contribution is -2.23. The van der Waals surface area contributed by atoms with E-state index in [1.54, 1.807) is 12.1 Å². The Bertz CT molecular complexity index is 320. The molecule has 1 rings (SSSR count). The molecule has 1 atom stereocenters. The first-order valence-corrected chi connectivity index (χ1v) is 4.83. The van der Waals surface area contributed by atoms with Crippen LogP contribution in [0.25, 0.3) is 0 Å². The van der Waals surface area contributed by atoms with Crippen molar-refractivity contribution in [1.29, 1.82) is 0 Å². The second kappa shape index (κ2) is 5.36. The highest BCUT2D eigenvalue weighted by Crippen LogP contribution is 2.12. The van der Waals surface area contributed by atoms with E-state index in [0.29, 0.717) is 6.61 Å². The van der Waals surface area contributed by atoms with Crippen LogP contribution >= 0.6 is 0 Å². The number of hydrogen-bond acceptors (Lipinski definition) is 3. The van der Waals surface area contributed by atoms with Gasteiger partial charge in [0, 0.05) is 6.04 Å². The molecule has 1 amide bonds. The first kappa shape index (κ1) is 11.5. The summed E-state index contributed by atoms with van der Waals surface area (Å²) in [5.74, 6) is 0.416. The lowest BCUT2D eigenvalue weighted by molar-refractivity contribution is -0.117. The Labute approximate surface area is 89.2 Å². The van der Waals surface area contributed by atoms with E-state index < -0.39 is 0 Å². The molecule has 0 heterocycles. The number of hydrogen-bond donors (Lipinski definition) is 2. The first-order valence-electron chi connectivity index (χ1n) is 4.83. The second-order valence-electron chi connectivity index (χ2n) is 3.58. The maximum atomic E-state index is 10.6. The molecule has 0 fully saturated rings. The van der Waals surface area contributed by atoms with Gasteiger partial charge in [-0.3, -0.25) is 4.79 Å². The van der Waals surface area contributed by atoms with E-state index >= 15 is 0 Å². The van der Waals surface area contributed by atoms with E-state index in [9.17, 15) is 4.79 Å². The minimum absolute atomic E-state index is 0.00953. The molecule has 82 valence electrons. The highest BCUT2D eigenvalue weighted by atomic mass is 16.5. The largest absolute Gasteiger partial charge is 0.492 e. The Hall–Kier alpha value is -1.55. The minimum atomic E-state index is -0.334. The van der Waals surface area contributed by atoms with Crippen LogP contribution in [0.1, 0.15) is 12.5 Å². The summed E-state index contributed by atoms with van der Waals surface area (Å²) in [6.45, 7) is 2.36. The first-order chi connectivity index (χ1) is 7.08. The number of ether oxygens (including phenoxy) is 1. The fourth-order valence-electron chi connectivity index (χ4n) is 1.13. The molecule has 0 aromatic heterocycles. The van der Waals surface area contributed by atoms with Gasteiger partial charge in [-0.25, -0.2) is 0 Å². The molecule has 0 saturated heterocycles. The van der Waals surface area contributed by atoms with Crippen molar-refractivity contribution in [2.24, 2.45) is 11.5 Å². The maximum absolute atomic E-state index is 10.6. The number of benzene rings is 1. The molecule has 15 heavy (non-hydrogen) atoms. The van der Waals surface area contributed by atoms with Gasteiger partial charge < -0.3 is 16.2 Å². The summed E-state index contributed by atoms with van der Waals surface area (Å²) < 4.78 is 5.39. The zero-order valence-electron chi connectivity index (χ0n) is 8.77. The number of carbonyl (C=O) groups is 1. The zero-order chi connectivity index (χ0) is 11.3. The minimum Gasteiger partial charge on any atom is -0.492 e. The number of nitrogens with two attached hydrogens (primary N) is 2. The van der Waals surface area contributed by atoms with Crippen molar-refractivity contribution in [3.05, 3.63) is 29.8 Å². The Morgan fingerprint density at radius 1 is 1.40 bits per heavy atom. The lowest BCUT2D eigenvalue weighted by atomic mass is 10.1. The van der Waals surface area contributed by atoms with Crippen LogP contribution in [-0.4, -0.2) is 18.6 Å². The summed E-state index contributed by atoms with van der Waals surface area (Å²) in [5, 5.41) is 0. The average Bonchev–Trinajstić information content (AvgIpc) is 2.16. The molecule has 0 saturated carbocycles. The molecule has 0 aliphatic rings. The second-order valence-corrected chi connectivity index (χ2v) is 3.58. The Balaban J connectivity index is 2.52. The average molecular weight is 208 g/mol. The van der Waals surface area contributed by atoms with Crippen molar-refractivity contribution in [3.8, 4) is 5.75 Å². The highest BCUT2D eigenvalue weighted by molar-refractivity contribution is 5.76. The van der Waals surface area contributed by atoms with Gasteiger partial charge in [-0.1, -0.05) is 12.1 Å². The van der Waals surface area contributed by atoms with Crippen LogP contribution in [0.3, 0.4) is 0 Å². The maximum Gasteiger partial charge on any atom is 0.221 e. The van der Waals surface area contributed by atoms with Crippen molar-refractivity contribution in [3.63, 3.8) is 0 Å². The van der Waals surface area contributed by atoms with E-state index in [0.717, 1.165) is 11.3 Å². The predicted octanol–water partition coefficient (Wildman–Crippen LogP) is 0.440. The molecule has 4 nitrogen and oxygen atoms in total. The van der Waals surface area contributed by atoms with Gasteiger partial charge in [0.2, 0.25) is 5.91 Å². The van der Waals surface area contributed by atoms with Crippen LogP contribution in [0.2, 0.25) is 0 Å². The summed E-state index contributed by atoms with van der Waals surface area (Å²) in [7, 11) is 0. The van der Waals surface area contributed by atoms with E-state index in [-0.39, 0.29) is 18.4 Å². The third-order valence-corrected chi connectivity index (χ3v) is 1.81. The van der Waals surface area contributed by atoms with Gasteiger partial charge in [-0.05, 0) is 24.6 Å². The SMILES string of the molecule is C[C@@H](N)COc1ccc(CC(N)=O)cc1. The summed E-state index contributed by atoms with van der Waals surface area (Å²) >= 11 is 0. The van der Waals surface area contributed by atoms with Crippen LogP contribution in [0, 0.1) is 0 Å². The van der Waals surface area contributed by atoms with Crippen LogP contribution in [-0.2, 0) is 11.2 Å². The van der Waals surface area contributed by atoms with Gasteiger partial charge in [0.15, 0.2) is 0 Å². The van der Waals surface area contributed by atoms with Gasteiger partial charge in [-0.2, -0.15) is 0 Å². The Morgan fingerprint density at radius 2 is 2.00 bits per heavy atom. The van der Waals surface area contributed by atoms with Crippen molar-refractivity contribution in [2.45, 2.75) is 19.4 Å². The summed E-state index contributed by atoms with van der Waals surface area (Å²) in [6, 6.07) is 7.26. The molecule has 0 radical (unpaired) electrons. The van der Waals surface area contributed by atoms with E-state index in [1.807, 2.05) is 19.1 Å². The van der Waals surface area contributed by atoms with Gasteiger partial charge >= 0.3 is 0 Å². The summed E-state index contributed by atoms with van der Waals surface area (Å²) in [6.07, 6.45) is 0.258. The fraction of sp³-hybridized carbons (Fsp3) is 0.364. The topological polar surface area (TPSA) is 78.3 Å². The molecule has 0 aliphatic heterocycles. The van der Waals surface area contributed by atoms with Gasteiger partial charge in [-0.15, -0.1) is 0 Å². The molecule has 0 unspecified atom stereocenters.